The highest BCUT2D eigenvalue weighted by Gasteiger charge is 2.40. The number of para-hydroxylation sites is 1. The monoisotopic (exact) mass is 382 g/mol. The normalized spacial score (nSPS) is 20.2. The number of benzene rings is 1. The molecule has 0 N–H and O–H groups in total. The van der Waals surface area contributed by atoms with Gasteiger partial charge in [-0.3, -0.25) is 4.79 Å². The number of ether oxygens (including phenoxy) is 1. The van der Waals surface area contributed by atoms with E-state index in [2.05, 4.69) is 34.8 Å². The van der Waals surface area contributed by atoms with Crippen molar-refractivity contribution in [3.05, 3.63) is 30.6 Å². The summed E-state index contributed by atoms with van der Waals surface area (Å²) in [5.74, 6) is 1.84. The summed E-state index contributed by atoms with van der Waals surface area (Å²) in [5, 5.41) is 1.09. The maximum Gasteiger partial charge on any atom is 0.224 e. The van der Waals surface area contributed by atoms with Crippen molar-refractivity contribution in [3.63, 3.8) is 0 Å². The van der Waals surface area contributed by atoms with Crippen molar-refractivity contribution >= 4 is 22.6 Å². The zero-order valence-electron chi connectivity index (χ0n) is 16.9. The van der Waals surface area contributed by atoms with Crippen molar-refractivity contribution in [1.29, 1.82) is 0 Å². The second-order valence-electron chi connectivity index (χ2n) is 8.48. The summed E-state index contributed by atoms with van der Waals surface area (Å²) in [6.07, 6.45) is 5.02. The molecule has 2 aromatic rings. The lowest BCUT2D eigenvalue weighted by Gasteiger charge is -2.43. The van der Waals surface area contributed by atoms with Gasteiger partial charge in [0.2, 0.25) is 5.91 Å². The van der Waals surface area contributed by atoms with Crippen LogP contribution in [0.2, 0.25) is 0 Å². The standard InChI is InChI=1S/C22H30N4O2/c1-17(2)7-11-26-15-22(28-14-8-20(26)27)9-12-25(13-10-22)21-18-5-3-4-6-19(18)23-16-24-21/h3-6,16-17H,7-15H2,1-2H3. The lowest BCUT2D eigenvalue weighted by Crippen LogP contribution is -2.52. The molecule has 1 spiro atoms. The van der Waals surface area contributed by atoms with Crippen LogP contribution >= 0.6 is 0 Å². The maximum atomic E-state index is 12.5. The van der Waals surface area contributed by atoms with Crippen molar-refractivity contribution in [2.45, 2.75) is 45.1 Å². The second-order valence-corrected chi connectivity index (χ2v) is 8.48. The molecule has 150 valence electrons. The molecule has 28 heavy (non-hydrogen) atoms. The van der Waals surface area contributed by atoms with Gasteiger partial charge in [0.15, 0.2) is 0 Å². The zero-order chi connectivity index (χ0) is 19.6. The number of carbonyl (C=O) groups is 1. The quantitative estimate of drug-likeness (QED) is 0.812. The van der Waals surface area contributed by atoms with Crippen molar-refractivity contribution in [2.24, 2.45) is 5.92 Å². The number of hydrogen-bond donors (Lipinski definition) is 0. The van der Waals surface area contributed by atoms with Gasteiger partial charge < -0.3 is 14.5 Å². The van der Waals surface area contributed by atoms with Crippen LogP contribution < -0.4 is 4.90 Å². The summed E-state index contributed by atoms with van der Waals surface area (Å²) < 4.78 is 6.29. The molecule has 0 saturated carbocycles. The number of anilines is 1. The topological polar surface area (TPSA) is 58.6 Å². The molecule has 0 bridgehead atoms. The van der Waals surface area contributed by atoms with Gasteiger partial charge in [-0.1, -0.05) is 26.0 Å². The molecule has 0 unspecified atom stereocenters. The maximum absolute atomic E-state index is 12.5. The third-order valence-electron chi connectivity index (χ3n) is 6.03. The van der Waals surface area contributed by atoms with Crippen molar-refractivity contribution in [2.75, 3.05) is 37.7 Å². The Bertz CT molecular complexity index is 825. The molecule has 0 radical (unpaired) electrons. The molecular formula is C22H30N4O2. The third-order valence-corrected chi connectivity index (χ3v) is 6.03. The average Bonchev–Trinajstić information content (AvgIpc) is 2.85. The Morgan fingerprint density at radius 3 is 2.75 bits per heavy atom. The lowest BCUT2D eigenvalue weighted by atomic mass is 9.90. The van der Waals surface area contributed by atoms with Crippen LogP contribution in [0.3, 0.4) is 0 Å². The molecule has 4 rings (SSSR count). The van der Waals surface area contributed by atoms with E-state index in [1.54, 1.807) is 6.33 Å². The van der Waals surface area contributed by atoms with Crippen molar-refractivity contribution in [1.82, 2.24) is 14.9 Å². The Hall–Kier alpha value is -2.21. The molecule has 6 heteroatoms. The third kappa shape index (κ3) is 3.97. The van der Waals surface area contributed by atoms with Crippen LogP contribution in [0.15, 0.2) is 30.6 Å². The minimum atomic E-state index is -0.220. The Morgan fingerprint density at radius 1 is 1.18 bits per heavy atom. The summed E-state index contributed by atoms with van der Waals surface area (Å²) >= 11 is 0. The molecule has 0 atom stereocenters. The number of aromatic nitrogens is 2. The van der Waals surface area contributed by atoms with Crippen LogP contribution in [0.25, 0.3) is 10.9 Å². The zero-order valence-corrected chi connectivity index (χ0v) is 16.9. The number of rotatable bonds is 4. The fourth-order valence-electron chi connectivity index (χ4n) is 4.28. The van der Waals surface area contributed by atoms with Crippen LogP contribution in [0, 0.1) is 5.92 Å². The molecule has 0 aliphatic carbocycles. The number of fused-ring (bicyclic) bond motifs is 1. The van der Waals surface area contributed by atoms with Crippen LogP contribution in [0.5, 0.6) is 0 Å². The van der Waals surface area contributed by atoms with Gasteiger partial charge in [0.25, 0.3) is 0 Å². The smallest absolute Gasteiger partial charge is 0.224 e. The van der Waals surface area contributed by atoms with E-state index >= 15 is 0 Å². The molecule has 6 nitrogen and oxygen atoms in total. The molecule has 2 fully saturated rings. The number of nitrogens with zero attached hydrogens (tertiary/aromatic N) is 4. The summed E-state index contributed by atoms with van der Waals surface area (Å²) in [5.41, 5.74) is 0.756. The molecule has 1 aromatic heterocycles. The van der Waals surface area contributed by atoms with E-state index in [-0.39, 0.29) is 11.5 Å². The summed E-state index contributed by atoms with van der Waals surface area (Å²) in [6, 6.07) is 8.15. The number of carbonyl (C=O) groups excluding carboxylic acids is 1. The average molecular weight is 383 g/mol. The van der Waals surface area contributed by atoms with Gasteiger partial charge >= 0.3 is 0 Å². The Morgan fingerprint density at radius 2 is 1.96 bits per heavy atom. The SMILES string of the molecule is CC(C)CCN1CC2(CCN(c3ncnc4ccccc34)CC2)OCCC1=O. The van der Waals surface area contributed by atoms with Gasteiger partial charge in [-0.2, -0.15) is 0 Å². The highest BCUT2D eigenvalue weighted by Crippen LogP contribution is 2.33. The summed E-state index contributed by atoms with van der Waals surface area (Å²) in [7, 11) is 0. The number of piperidine rings is 1. The first kappa shape index (κ1) is 19.1. The van der Waals surface area contributed by atoms with Gasteiger partial charge in [0.1, 0.15) is 12.1 Å². The van der Waals surface area contributed by atoms with Crippen molar-refractivity contribution in [3.8, 4) is 0 Å². The Kier molecular flexibility index (Phi) is 5.49. The summed E-state index contributed by atoms with van der Waals surface area (Å²) in [6.45, 7) is 8.27. The minimum absolute atomic E-state index is 0.220. The van der Waals surface area contributed by atoms with E-state index in [1.807, 2.05) is 23.1 Å². The van der Waals surface area contributed by atoms with Gasteiger partial charge in [0, 0.05) is 31.6 Å². The number of amides is 1. The first-order chi connectivity index (χ1) is 13.6. The molecule has 2 aliphatic rings. The van der Waals surface area contributed by atoms with Crippen molar-refractivity contribution < 1.29 is 9.53 Å². The van der Waals surface area contributed by atoms with E-state index in [0.29, 0.717) is 18.9 Å². The van der Waals surface area contributed by atoms with Crippen LogP contribution in [0.4, 0.5) is 5.82 Å². The first-order valence-electron chi connectivity index (χ1n) is 10.4. The second kappa shape index (κ2) is 8.03. The summed E-state index contributed by atoms with van der Waals surface area (Å²) in [4.78, 5) is 25.8. The first-order valence-corrected chi connectivity index (χ1v) is 10.4. The van der Waals surface area contributed by atoms with E-state index in [9.17, 15) is 4.79 Å². The molecule has 2 saturated heterocycles. The van der Waals surface area contributed by atoms with Gasteiger partial charge in [-0.15, -0.1) is 0 Å². The Balaban J connectivity index is 1.48. The lowest BCUT2D eigenvalue weighted by molar-refractivity contribution is -0.131. The van der Waals surface area contributed by atoms with Gasteiger partial charge in [-0.25, -0.2) is 9.97 Å². The van der Waals surface area contributed by atoms with Gasteiger partial charge in [0.05, 0.1) is 24.1 Å². The fraction of sp³-hybridized carbons (Fsp3) is 0.591. The molecule has 3 heterocycles. The van der Waals surface area contributed by atoms with Gasteiger partial charge in [-0.05, 0) is 37.3 Å². The van der Waals surface area contributed by atoms with E-state index in [4.69, 9.17) is 4.74 Å². The van der Waals surface area contributed by atoms with E-state index in [0.717, 1.165) is 62.2 Å². The molecular weight excluding hydrogens is 352 g/mol. The molecule has 1 aromatic carbocycles. The number of hydrogen-bond acceptors (Lipinski definition) is 5. The minimum Gasteiger partial charge on any atom is -0.372 e. The van der Waals surface area contributed by atoms with Crippen LogP contribution in [-0.4, -0.2) is 59.2 Å². The predicted octanol–water partition coefficient (Wildman–Crippen LogP) is 3.26. The van der Waals surface area contributed by atoms with Crippen LogP contribution in [-0.2, 0) is 9.53 Å². The highest BCUT2D eigenvalue weighted by atomic mass is 16.5. The molecule has 1 amide bonds. The van der Waals surface area contributed by atoms with Crippen LogP contribution in [0.1, 0.15) is 39.5 Å². The van der Waals surface area contributed by atoms with E-state index in [1.165, 1.54) is 0 Å². The Labute approximate surface area is 166 Å². The highest BCUT2D eigenvalue weighted by molar-refractivity contribution is 5.89. The predicted molar refractivity (Wildman–Crippen MR) is 110 cm³/mol. The largest absolute Gasteiger partial charge is 0.372 e. The fourth-order valence-corrected chi connectivity index (χ4v) is 4.28. The molecule has 2 aliphatic heterocycles. The van der Waals surface area contributed by atoms with E-state index < -0.39 is 0 Å².